The van der Waals surface area contributed by atoms with Crippen LogP contribution in [0.2, 0.25) is 5.02 Å². The van der Waals surface area contributed by atoms with Crippen molar-refractivity contribution in [3.05, 3.63) is 66.1 Å². The molecule has 0 fully saturated rings. The van der Waals surface area contributed by atoms with E-state index in [4.69, 9.17) is 16.0 Å². The normalized spacial score (nSPS) is 11.7. The lowest BCUT2D eigenvalue weighted by atomic mass is 10.1. The van der Waals surface area contributed by atoms with Gasteiger partial charge in [0.05, 0.1) is 16.8 Å². The van der Waals surface area contributed by atoms with Crippen molar-refractivity contribution in [2.75, 3.05) is 4.31 Å². The molecule has 0 N–H and O–H groups in total. The SMILES string of the molecule is CC(C)N(c1cccc(-c2cnco2)c1)S(=O)(=O)c1cccc(Cl)c1. The van der Waals surface area contributed by atoms with Gasteiger partial charge in [-0.2, -0.15) is 0 Å². The second kappa shape index (κ2) is 6.90. The molecule has 0 aliphatic rings. The van der Waals surface area contributed by atoms with Crippen LogP contribution in [0.25, 0.3) is 11.3 Å². The second-order valence-electron chi connectivity index (χ2n) is 5.77. The highest BCUT2D eigenvalue weighted by atomic mass is 35.5. The lowest BCUT2D eigenvalue weighted by Crippen LogP contribution is -2.37. The van der Waals surface area contributed by atoms with Gasteiger partial charge in [-0.05, 0) is 44.2 Å². The van der Waals surface area contributed by atoms with Crippen molar-refractivity contribution >= 4 is 27.3 Å². The molecule has 2 aromatic carbocycles. The largest absolute Gasteiger partial charge is 0.444 e. The standard InChI is InChI=1S/C18H17ClN2O3S/c1-13(2)21(25(22,23)17-8-4-6-15(19)10-17)16-7-3-5-14(9-16)18-11-20-12-24-18/h3-13H,1-2H3. The van der Waals surface area contributed by atoms with Gasteiger partial charge in [-0.1, -0.05) is 29.8 Å². The third-order valence-corrected chi connectivity index (χ3v) is 5.87. The Labute approximate surface area is 151 Å². The van der Waals surface area contributed by atoms with Crippen molar-refractivity contribution in [3.63, 3.8) is 0 Å². The minimum absolute atomic E-state index is 0.152. The number of rotatable bonds is 5. The van der Waals surface area contributed by atoms with Crippen LogP contribution in [0.5, 0.6) is 0 Å². The highest BCUT2D eigenvalue weighted by Crippen LogP contribution is 2.30. The van der Waals surface area contributed by atoms with E-state index in [0.29, 0.717) is 16.5 Å². The molecule has 0 spiro atoms. The highest BCUT2D eigenvalue weighted by Gasteiger charge is 2.28. The fourth-order valence-corrected chi connectivity index (χ4v) is 4.56. The summed E-state index contributed by atoms with van der Waals surface area (Å²) in [6, 6.07) is 13.1. The maximum Gasteiger partial charge on any atom is 0.264 e. The van der Waals surface area contributed by atoms with Gasteiger partial charge >= 0.3 is 0 Å². The molecular formula is C18H17ClN2O3S. The lowest BCUT2D eigenvalue weighted by Gasteiger charge is -2.28. The van der Waals surface area contributed by atoms with Crippen LogP contribution >= 0.6 is 11.6 Å². The first-order valence-electron chi connectivity index (χ1n) is 7.68. The van der Waals surface area contributed by atoms with Crippen molar-refractivity contribution in [1.82, 2.24) is 4.98 Å². The molecule has 1 heterocycles. The number of hydrogen-bond acceptors (Lipinski definition) is 4. The molecule has 3 rings (SSSR count). The summed E-state index contributed by atoms with van der Waals surface area (Å²) < 4.78 is 33.0. The van der Waals surface area contributed by atoms with Crippen molar-refractivity contribution in [3.8, 4) is 11.3 Å². The predicted molar refractivity (Wildman–Crippen MR) is 98.2 cm³/mol. The van der Waals surface area contributed by atoms with E-state index in [1.807, 2.05) is 19.9 Å². The van der Waals surface area contributed by atoms with Crippen molar-refractivity contribution in [2.45, 2.75) is 24.8 Å². The Morgan fingerprint density at radius 3 is 2.52 bits per heavy atom. The third kappa shape index (κ3) is 3.55. The van der Waals surface area contributed by atoms with E-state index in [1.165, 1.54) is 22.8 Å². The van der Waals surface area contributed by atoms with Gasteiger partial charge in [0.25, 0.3) is 10.0 Å². The minimum atomic E-state index is -3.76. The van der Waals surface area contributed by atoms with Crippen LogP contribution in [0.3, 0.4) is 0 Å². The Balaban J connectivity index is 2.09. The number of aromatic nitrogens is 1. The molecule has 7 heteroatoms. The summed E-state index contributed by atoms with van der Waals surface area (Å²) in [6.07, 6.45) is 2.93. The highest BCUT2D eigenvalue weighted by molar-refractivity contribution is 7.92. The molecule has 0 aliphatic heterocycles. The molecule has 0 saturated heterocycles. The molecule has 5 nitrogen and oxygen atoms in total. The first kappa shape index (κ1) is 17.5. The topological polar surface area (TPSA) is 63.4 Å². The van der Waals surface area contributed by atoms with E-state index in [0.717, 1.165) is 5.56 Å². The molecule has 0 saturated carbocycles. The summed E-state index contributed by atoms with van der Waals surface area (Å²) in [5, 5.41) is 0.375. The Bertz CT molecular complexity index is 970. The molecule has 0 radical (unpaired) electrons. The quantitative estimate of drug-likeness (QED) is 0.652. The zero-order chi connectivity index (χ0) is 18.0. The average Bonchev–Trinajstić information content (AvgIpc) is 3.09. The third-order valence-electron chi connectivity index (χ3n) is 3.64. The van der Waals surface area contributed by atoms with E-state index in [-0.39, 0.29) is 10.9 Å². The molecular weight excluding hydrogens is 360 g/mol. The first-order chi connectivity index (χ1) is 11.9. The first-order valence-corrected chi connectivity index (χ1v) is 9.50. The van der Waals surface area contributed by atoms with Gasteiger partial charge in [0.2, 0.25) is 0 Å². The number of nitrogens with zero attached hydrogens (tertiary/aromatic N) is 2. The van der Waals surface area contributed by atoms with E-state index in [9.17, 15) is 8.42 Å². The van der Waals surface area contributed by atoms with Crippen molar-refractivity contribution < 1.29 is 12.8 Å². The number of benzene rings is 2. The fourth-order valence-electron chi connectivity index (χ4n) is 2.61. The monoisotopic (exact) mass is 376 g/mol. The van der Waals surface area contributed by atoms with Crippen LogP contribution in [-0.4, -0.2) is 19.4 Å². The average molecular weight is 377 g/mol. The molecule has 0 aliphatic carbocycles. The summed E-state index contributed by atoms with van der Waals surface area (Å²) in [7, 11) is -3.76. The van der Waals surface area contributed by atoms with E-state index >= 15 is 0 Å². The molecule has 0 amide bonds. The molecule has 130 valence electrons. The van der Waals surface area contributed by atoms with Crippen molar-refractivity contribution in [2.24, 2.45) is 0 Å². The minimum Gasteiger partial charge on any atom is -0.444 e. The summed E-state index contributed by atoms with van der Waals surface area (Å²) in [5.41, 5.74) is 1.30. The van der Waals surface area contributed by atoms with Crippen LogP contribution in [0.4, 0.5) is 5.69 Å². The van der Waals surface area contributed by atoms with Gasteiger partial charge < -0.3 is 4.42 Å². The van der Waals surface area contributed by atoms with Crippen LogP contribution in [0.1, 0.15) is 13.8 Å². The van der Waals surface area contributed by atoms with Crippen LogP contribution in [-0.2, 0) is 10.0 Å². The van der Waals surface area contributed by atoms with Gasteiger partial charge in [-0.3, -0.25) is 4.31 Å². The maximum absolute atomic E-state index is 13.2. The van der Waals surface area contributed by atoms with Crippen molar-refractivity contribution in [1.29, 1.82) is 0 Å². The lowest BCUT2D eigenvalue weighted by molar-refractivity contribution is 0.571. The summed E-state index contributed by atoms with van der Waals surface area (Å²) in [5.74, 6) is 0.575. The van der Waals surface area contributed by atoms with Gasteiger partial charge in [0.1, 0.15) is 0 Å². The predicted octanol–water partition coefficient (Wildman–Crippen LogP) is 4.60. The van der Waals surface area contributed by atoms with Gasteiger partial charge in [0, 0.05) is 16.6 Å². The fraction of sp³-hybridized carbons (Fsp3) is 0.167. The number of halogens is 1. The van der Waals surface area contributed by atoms with Crippen LogP contribution in [0, 0.1) is 0 Å². The number of hydrogen-bond donors (Lipinski definition) is 0. The second-order valence-corrected chi connectivity index (χ2v) is 8.02. The zero-order valence-corrected chi connectivity index (χ0v) is 15.3. The van der Waals surface area contributed by atoms with Crippen LogP contribution < -0.4 is 4.31 Å². The molecule has 0 unspecified atom stereocenters. The van der Waals surface area contributed by atoms with Gasteiger partial charge in [-0.25, -0.2) is 13.4 Å². The summed E-state index contributed by atoms with van der Waals surface area (Å²) in [6.45, 7) is 3.65. The van der Waals surface area contributed by atoms with Gasteiger partial charge in [0.15, 0.2) is 12.2 Å². The number of oxazole rings is 1. The number of anilines is 1. The summed E-state index contributed by atoms with van der Waals surface area (Å²) in [4.78, 5) is 4.05. The zero-order valence-electron chi connectivity index (χ0n) is 13.8. The van der Waals surface area contributed by atoms with Gasteiger partial charge in [-0.15, -0.1) is 0 Å². The van der Waals surface area contributed by atoms with E-state index in [2.05, 4.69) is 4.98 Å². The molecule has 0 atom stereocenters. The number of sulfonamides is 1. The molecule has 25 heavy (non-hydrogen) atoms. The van der Waals surface area contributed by atoms with E-state index < -0.39 is 10.0 Å². The Kier molecular flexibility index (Phi) is 4.83. The molecule has 1 aromatic heterocycles. The molecule has 3 aromatic rings. The Morgan fingerprint density at radius 1 is 1.12 bits per heavy atom. The van der Waals surface area contributed by atoms with Crippen LogP contribution in [0.15, 0.2) is 70.4 Å². The molecule has 0 bridgehead atoms. The Morgan fingerprint density at radius 2 is 1.88 bits per heavy atom. The Hall–Kier alpha value is -2.31. The smallest absolute Gasteiger partial charge is 0.264 e. The maximum atomic E-state index is 13.2. The summed E-state index contributed by atoms with van der Waals surface area (Å²) >= 11 is 5.97. The van der Waals surface area contributed by atoms with E-state index in [1.54, 1.807) is 36.5 Å².